The van der Waals surface area contributed by atoms with Crippen LogP contribution in [-0.4, -0.2) is 53.9 Å². The van der Waals surface area contributed by atoms with Crippen molar-refractivity contribution in [3.8, 4) is 10.6 Å². The van der Waals surface area contributed by atoms with Crippen LogP contribution in [0.5, 0.6) is 0 Å². The molecule has 1 amide bonds. The van der Waals surface area contributed by atoms with E-state index in [1.165, 1.54) is 16.9 Å². The van der Waals surface area contributed by atoms with Crippen molar-refractivity contribution in [1.29, 1.82) is 0 Å². The van der Waals surface area contributed by atoms with Crippen LogP contribution in [0.1, 0.15) is 34.8 Å². The highest BCUT2D eigenvalue weighted by molar-refractivity contribution is 7.17. The maximum absolute atomic E-state index is 12.7. The topological polar surface area (TPSA) is 36.4 Å². The number of carbonyl (C=O) groups excluding carboxylic acids is 1. The van der Waals surface area contributed by atoms with Crippen LogP contribution >= 0.6 is 11.3 Å². The predicted molar refractivity (Wildman–Crippen MR) is 102 cm³/mol. The van der Waals surface area contributed by atoms with Gasteiger partial charge in [-0.05, 0) is 33.0 Å². The summed E-state index contributed by atoms with van der Waals surface area (Å²) in [5.74, 6) is 0.0658. The predicted octanol–water partition coefficient (Wildman–Crippen LogP) is 3.84. The van der Waals surface area contributed by atoms with Crippen LogP contribution in [0.4, 0.5) is 0 Å². The van der Waals surface area contributed by atoms with Crippen LogP contribution in [-0.2, 0) is 0 Å². The molecule has 0 aliphatic rings. The first-order valence-corrected chi connectivity index (χ1v) is 9.30. The van der Waals surface area contributed by atoms with Crippen LogP contribution in [0.15, 0.2) is 24.3 Å². The standard InChI is InChI=1S/C19H27N3OS/c1-6-22(7-2)12-11-21(5)19(23)17-15(4)20-18(24-17)16-10-8-9-14(3)13-16/h8-10,13H,6-7,11-12H2,1-5H3. The number of benzene rings is 1. The van der Waals surface area contributed by atoms with E-state index >= 15 is 0 Å². The molecule has 2 rings (SSSR count). The van der Waals surface area contributed by atoms with Crippen LogP contribution in [0.25, 0.3) is 10.6 Å². The van der Waals surface area contributed by atoms with Gasteiger partial charge >= 0.3 is 0 Å². The maximum atomic E-state index is 12.7. The molecule has 2 aromatic rings. The monoisotopic (exact) mass is 345 g/mol. The van der Waals surface area contributed by atoms with Crippen molar-refractivity contribution in [2.24, 2.45) is 0 Å². The summed E-state index contributed by atoms with van der Waals surface area (Å²) in [6.07, 6.45) is 0. The first-order valence-electron chi connectivity index (χ1n) is 8.48. The summed E-state index contributed by atoms with van der Waals surface area (Å²) in [6.45, 7) is 11.9. The van der Waals surface area contributed by atoms with E-state index in [-0.39, 0.29) is 5.91 Å². The molecule has 0 unspecified atom stereocenters. The number of hydrogen-bond acceptors (Lipinski definition) is 4. The molecular formula is C19H27N3OS. The second-order valence-corrected chi connectivity index (χ2v) is 7.06. The number of aromatic nitrogens is 1. The lowest BCUT2D eigenvalue weighted by atomic mass is 10.1. The minimum absolute atomic E-state index is 0.0658. The molecule has 4 nitrogen and oxygen atoms in total. The fourth-order valence-corrected chi connectivity index (χ4v) is 3.66. The molecule has 0 aliphatic heterocycles. The Balaban J connectivity index is 2.12. The molecule has 0 bridgehead atoms. The Labute approximate surface area is 149 Å². The number of carbonyl (C=O) groups is 1. The SMILES string of the molecule is CCN(CC)CCN(C)C(=O)c1sc(-c2cccc(C)c2)nc1C. The summed E-state index contributed by atoms with van der Waals surface area (Å²) < 4.78 is 0. The molecule has 24 heavy (non-hydrogen) atoms. The van der Waals surface area contributed by atoms with Crippen molar-refractivity contribution < 1.29 is 4.79 Å². The number of aryl methyl sites for hydroxylation is 2. The van der Waals surface area contributed by atoms with Gasteiger partial charge in [-0.1, -0.05) is 37.6 Å². The average molecular weight is 346 g/mol. The van der Waals surface area contributed by atoms with Crippen LogP contribution in [0, 0.1) is 13.8 Å². The van der Waals surface area contributed by atoms with Gasteiger partial charge in [-0.3, -0.25) is 4.79 Å². The molecule has 5 heteroatoms. The van der Waals surface area contributed by atoms with E-state index in [0.717, 1.165) is 47.3 Å². The van der Waals surface area contributed by atoms with E-state index < -0.39 is 0 Å². The third-order valence-corrected chi connectivity index (χ3v) is 5.44. The van der Waals surface area contributed by atoms with E-state index in [4.69, 9.17) is 0 Å². The highest BCUT2D eigenvalue weighted by atomic mass is 32.1. The smallest absolute Gasteiger partial charge is 0.265 e. The van der Waals surface area contributed by atoms with Gasteiger partial charge in [0.05, 0.1) is 5.69 Å². The van der Waals surface area contributed by atoms with Gasteiger partial charge in [-0.15, -0.1) is 11.3 Å². The lowest BCUT2D eigenvalue weighted by molar-refractivity contribution is 0.0783. The first kappa shape index (κ1) is 18.6. The molecule has 1 heterocycles. The zero-order valence-electron chi connectivity index (χ0n) is 15.3. The fraction of sp³-hybridized carbons (Fsp3) is 0.474. The lowest BCUT2D eigenvalue weighted by Gasteiger charge is -2.22. The second kappa shape index (κ2) is 8.40. The maximum Gasteiger partial charge on any atom is 0.265 e. The third-order valence-electron chi connectivity index (χ3n) is 4.25. The number of amides is 1. The number of rotatable bonds is 7. The van der Waals surface area contributed by atoms with Crippen molar-refractivity contribution in [2.45, 2.75) is 27.7 Å². The molecule has 0 spiro atoms. The van der Waals surface area contributed by atoms with Gasteiger partial charge < -0.3 is 9.80 Å². The Morgan fingerprint density at radius 2 is 1.88 bits per heavy atom. The molecule has 0 saturated heterocycles. The largest absolute Gasteiger partial charge is 0.340 e. The van der Waals surface area contributed by atoms with Gasteiger partial charge in [-0.25, -0.2) is 4.98 Å². The Hall–Kier alpha value is -1.72. The van der Waals surface area contributed by atoms with Crippen LogP contribution in [0.3, 0.4) is 0 Å². The van der Waals surface area contributed by atoms with E-state index in [1.807, 2.05) is 26.1 Å². The molecule has 0 radical (unpaired) electrons. The van der Waals surface area contributed by atoms with E-state index in [1.54, 1.807) is 4.90 Å². The summed E-state index contributed by atoms with van der Waals surface area (Å²) in [5, 5.41) is 0.914. The fourth-order valence-electron chi connectivity index (χ4n) is 2.60. The minimum Gasteiger partial charge on any atom is -0.340 e. The third kappa shape index (κ3) is 4.42. The molecular weight excluding hydrogens is 318 g/mol. The highest BCUT2D eigenvalue weighted by Gasteiger charge is 2.19. The molecule has 1 aromatic carbocycles. The minimum atomic E-state index is 0.0658. The number of likely N-dealkylation sites (N-methyl/N-ethyl adjacent to an activating group) is 2. The van der Waals surface area contributed by atoms with Crippen molar-refractivity contribution in [3.05, 3.63) is 40.4 Å². The van der Waals surface area contributed by atoms with Crippen molar-refractivity contribution >= 4 is 17.2 Å². The van der Waals surface area contributed by atoms with Crippen molar-refractivity contribution in [2.75, 3.05) is 33.2 Å². The zero-order valence-corrected chi connectivity index (χ0v) is 16.1. The molecule has 130 valence electrons. The Morgan fingerprint density at radius 3 is 2.50 bits per heavy atom. The van der Waals surface area contributed by atoms with Gasteiger partial charge in [0.2, 0.25) is 0 Å². The van der Waals surface area contributed by atoms with Crippen LogP contribution < -0.4 is 0 Å². The van der Waals surface area contributed by atoms with Gasteiger partial charge in [0.15, 0.2) is 0 Å². The van der Waals surface area contributed by atoms with E-state index in [9.17, 15) is 4.79 Å². The lowest BCUT2D eigenvalue weighted by Crippen LogP contribution is -2.36. The normalized spacial score (nSPS) is 11.1. The van der Waals surface area contributed by atoms with E-state index in [0.29, 0.717) is 0 Å². The second-order valence-electron chi connectivity index (χ2n) is 6.06. The van der Waals surface area contributed by atoms with Crippen molar-refractivity contribution in [1.82, 2.24) is 14.8 Å². The summed E-state index contributed by atoms with van der Waals surface area (Å²) in [6, 6.07) is 8.25. The number of hydrogen-bond donors (Lipinski definition) is 0. The molecule has 0 fully saturated rings. The summed E-state index contributed by atoms with van der Waals surface area (Å²) >= 11 is 1.49. The summed E-state index contributed by atoms with van der Waals surface area (Å²) in [7, 11) is 1.87. The summed E-state index contributed by atoms with van der Waals surface area (Å²) in [5.41, 5.74) is 3.09. The van der Waals surface area contributed by atoms with Crippen LogP contribution in [0.2, 0.25) is 0 Å². The average Bonchev–Trinajstić information content (AvgIpc) is 2.96. The molecule has 0 saturated carbocycles. The molecule has 0 aliphatic carbocycles. The van der Waals surface area contributed by atoms with Gasteiger partial charge in [-0.2, -0.15) is 0 Å². The van der Waals surface area contributed by atoms with Gasteiger partial charge in [0, 0.05) is 25.7 Å². The number of thiazole rings is 1. The molecule has 0 atom stereocenters. The molecule has 1 aromatic heterocycles. The Morgan fingerprint density at radius 1 is 1.17 bits per heavy atom. The summed E-state index contributed by atoms with van der Waals surface area (Å²) in [4.78, 5) is 22.2. The zero-order chi connectivity index (χ0) is 17.7. The molecule has 0 N–H and O–H groups in total. The quantitative estimate of drug-likeness (QED) is 0.765. The van der Waals surface area contributed by atoms with Crippen molar-refractivity contribution in [3.63, 3.8) is 0 Å². The van der Waals surface area contributed by atoms with Gasteiger partial charge in [0.25, 0.3) is 5.91 Å². The van der Waals surface area contributed by atoms with E-state index in [2.05, 4.69) is 42.8 Å². The number of nitrogens with zero attached hydrogens (tertiary/aromatic N) is 3. The highest BCUT2D eigenvalue weighted by Crippen LogP contribution is 2.29. The van der Waals surface area contributed by atoms with Gasteiger partial charge in [0.1, 0.15) is 9.88 Å². The Bertz CT molecular complexity index is 692. The Kier molecular flexibility index (Phi) is 6.52. The first-order chi connectivity index (χ1) is 11.5.